The van der Waals surface area contributed by atoms with Crippen molar-refractivity contribution < 1.29 is 0 Å². The molecular weight excluding hydrogens is 262 g/mol. The molecule has 0 spiro atoms. The first-order valence-electron chi connectivity index (χ1n) is 7.71. The molecule has 1 heterocycles. The summed E-state index contributed by atoms with van der Waals surface area (Å²) in [6.07, 6.45) is 6.01. The average molecular weight is 285 g/mol. The molecule has 0 bridgehead atoms. The Morgan fingerprint density at radius 3 is 2.60 bits per heavy atom. The topological polar surface area (TPSA) is 26.0 Å². The van der Waals surface area contributed by atoms with Crippen LogP contribution >= 0.6 is 11.3 Å². The second-order valence-corrected chi connectivity index (χ2v) is 6.83. The van der Waals surface area contributed by atoms with Gasteiger partial charge in [-0.2, -0.15) is 0 Å². The number of hydrogen-bond donors (Lipinski definition) is 1. The molecule has 1 aliphatic rings. The van der Waals surface area contributed by atoms with Gasteiger partial charge >= 0.3 is 0 Å². The Bertz CT molecular complexity index is 590. The third kappa shape index (κ3) is 2.43. The number of hydrogen-bond acceptors (Lipinski definition) is 2. The maximum absolute atomic E-state index is 6.50. The molecule has 2 N–H and O–H groups in total. The number of benzene rings is 1. The second kappa shape index (κ2) is 5.71. The SMILES string of the molecule is CCc1ccc(C(N)c2cc3c(s2)CCC3)cc1CC. The van der Waals surface area contributed by atoms with Crippen LogP contribution < -0.4 is 5.73 Å². The molecule has 1 unspecified atom stereocenters. The number of nitrogens with two attached hydrogens (primary N) is 1. The minimum Gasteiger partial charge on any atom is -0.320 e. The highest BCUT2D eigenvalue weighted by Crippen LogP contribution is 2.35. The van der Waals surface area contributed by atoms with Crippen LogP contribution in [0.3, 0.4) is 0 Å². The van der Waals surface area contributed by atoms with E-state index < -0.39 is 0 Å². The van der Waals surface area contributed by atoms with Gasteiger partial charge in [-0.3, -0.25) is 0 Å². The van der Waals surface area contributed by atoms with Gasteiger partial charge in [0.05, 0.1) is 6.04 Å². The zero-order valence-corrected chi connectivity index (χ0v) is 13.2. The lowest BCUT2D eigenvalue weighted by atomic mass is 9.96. The first kappa shape index (κ1) is 13.8. The summed E-state index contributed by atoms with van der Waals surface area (Å²) in [4.78, 5) is 2.90. The Kier molecular flexibility index (Phi) is 3.95. The Morgan fingerprint density at radius 2 is 1.90 bits per heavy atom. The highest BCUT2D eigenvalue weighted by atomic mass is 32.1. The molecule has 1 aliphatic carbocycles. The van der Waals surface area contributed by atoms with Crippen LogP contribution in [-0.2, 0) is 25.7 Å². The van der Waals surface area contributed by atoms with Crippen LogP contribution in [0, 0.1) is 0 Å². The second-order valence-electron chi connectivity index (χ2n) is 5.66. The molecule has 0 saturated carbocycles. The van der Waals surface area contributed by atoms with Crippen LogP contribution in [0.4, 0.5) is 0 Å². The van der Waals surface area contributed by atoms with Crippen molar-refractivity contribution in [1.82, 2.24) is 0 Å². The van der Waals surface area contributed by atoms with Gasteiger partial charge in [0.25, 0.3) is 0 Å². The predicted octanol–water partition coefficient (Wildman–Crippen LogP) is 4.41. The zero-order valence-electron chi connectivity index (χ0n) is 12.4. The van der Waals surface area contributed by atoms with Crippen LogP contribution in [0.15, 0.2) is 24.3 Å². The molecule has 2 aromatic rings. The molecule has 0 amide bonds. The molecule has 1 aromatic carbocycles. The summed E-state index contributed by atoms with van der Waals surface area (Å²) in [6.45, 7) is 4.45. The van der Waals surface area contributed by atoms with Crippen molar-refractivity contribution in [2.24, 2.45) is 5.73 Å². The summed E-state index contributed by atoms with van der Waals surface area (Å²) in [7, 11) is 0. The van der Waals surface area contributed by atoms with Crippen molar-refractivity contribution in [2.45, 2.75) is 52.0 Å². The fraction of sp³-hybridized carbons (Fsp3) is 0.444. The van der Waals surface area contributed by atoms with Crippen molar-refractivity contribution in [3.63, 3.8) is 0 Å². The molecule has 2 heteroatoms. The maximum Gasteiger partial charge on any atom is 0.0646 e. The first-order chi connectivity index (χ1) is 9.72. The van der Waals surface area contributed by atoms with Gasteiger partial charge in [-0.25, -0.2) is 0 Å². The van der Waals surface area contributed by atoms with Gasteiger partial charge in [0.2, 0.25) is 0 Å². The lowest BCUT2D eigenvalue weighted by Crippen LogP contribution is -2.11. The van der Waals surface area contributed by atoms with Crippen molar-refractivity contribution in [2.75, 3.05) is 0 Å². The van der Waals surface area contributed by atoms with Gasteiger partial charge in [-0.05, 0) is 60.4 Å². The molecule has 1 aromatic heterocycles. The van der Waals surface area contributed by atoms with E-state index in [9.17, 15) is 0 Å². The summed E-state index contributed by atoms with van der Waals surface area (Å²) >= 11 is 1.92. The van der Waals surface area contributed by atoms with Crippen molar-refractivity contribution in [3.8, 4) is 0 Å². The molecule has 1 atom stereocenters. The van der Waals surface area contributed by atoms with Crippen molar-refractivity contribution in [3.05, 3.63) is 56.3 Å². The third-order valence-corrected chi connectivity index (χ3v) is 5.74. The lowest BCUT2D eigenvalue weighted by molar-refractivity contribution is 0.874. The van der Waals surface area contributed by atoms with Crippen LogP contribution in [0.2, 0.25) is 0 Å². The van der Waals surface area contributed by atoms with E-state index in [1.807, 2.05) is 11.3 Å². The Labute approximate surface area is 125 Å². The Balaban J connectivity index is 1.91. The summed E-state index contributed by atoms with van der Waals surface area (Å²) < 4.78 is 0. The summed E-state index contributed by atoms with van der Waals surface area (Å²) in [5.41, 5.74) is 12.2. The van der Waals surface area contributed by atoms with Crippen molar-refractivity contribution >= 4 is 11.3 Å². The summed E-state index contributed by atoms with van der Waals surface area (Å²) in [5.74, 6) is 0. The van der Waals surface area contributed by atoms with Crippen LogP contribution in [0.1, 0.15) is 58.3 Å². The fourth-order valence-corrected chi connectivity index (χ4v) is 4.47. The number of thiophene rings is 1. The van der Waals surface area contributed by atoms with E-state index in [4.69, 9.17) is 5.73 Å². The summed E-state index contributed by atoms with van der Waals surface area (Å²) in [6, 6.07) is 9.18. The van der Waals surface area contributed by atoms with Crippen molar-refractivity contribution in [1.29, 1.82) is 0 Å². The van der Waals surface area contributed by atoms with E-state index in [1.165, 1.54) is 40.8 Å². The van der Waals surface area contributed by atoms with Gasteiger partial charge in [-0.1, -0.05) is 32.0 Å². The molecule has 20 heavy (non-hydrogen) atoms. The van der Waals surface area contributed by atoms with Gasteiger partial charge in [-0.15, -0.1) is 11.3 Å². The summed E-state index contributed by atoms with van der Waals surface area (Å²) in [5, 5.41) is 0. The molecule has 0 radical (unpaired) electrons. The Morgan fingerprint density at radius 1 is 1.10 bits per heavy atom. The minimum atomic E-state index is 0.0433. The molecule has 3 rings (SSSR count). The largest absolute Gasteiger partial charge is 0.320 e. The van der Waals surface area contributed by atoms with Crippen LogP contribution in [0.25, 0.3) is 0 Å². The maximum atomic E-state index is 6.50. The molecule has 0 saturated heterocycles. The van der Waals surface area contributed by atoms with E-state index in [2.05, 4.69) is 38.1 Å². The monoisotopic (exact) mass is 285 g/mol. The molecule has 1 nitrogen and oxygen atoms in total. The van der Waals surface area contributed by atoms with E-state index in [0.29, 0.717) is 0 Å². The first-order valence-corrected chi connectivity index (χ1v) is 8.53. The van der Waals surface area contributed by atoms with Gasteiger partial charge in [0.1, 0.15) is 0 Å². The van der Waals surface area contributed by atoms with E-state index >= 15 is 0 Å². The van der Waals surface area contributed by atoms with Gasteiger partial charge < -0.3 is 5.73 Å². The quantitative estimate of drug-likeness (QED) is 0.884. The van der Waals surface area contributed by atoms with Crippen LogP contribution in [-0.4, -0.2) is 0 Å². The van der Waals surface area contributed by atoms with E-state index in [-0.39, 0.29) is 6.04 Å². The zero-order chi connectivity index (χ0) is 14.1. The molecule has 0 fully saturated rings. The van der Waals surface area contributed by atoms with E-state index in [0.717, 1.165) is 12.8 Å². The molecular formula is C18H23NS. The molecule has 106 valence electrons. The number of aryl methyl sites for hydroxylation is 4. The van der Waals surface area contributed by atoms with E-state index in [1.54, 1.807) is 10.4 Å². The molecule has 0 aliphatic heterocycles. The highest BCUT2D eigenvalue weighted by Gasteiger charge is 2.19. The standard InChI is InChI=1S/C18H23NS/c1-3-12-8-9-15(10-13(12)4-2)18(19)17-11-14-6-5-7-16(14)20-17/h8-11,18H,3-7,19H2,1-2H3. The highest BCUT2D eigenvalue weighted by molar-refractivity contribution is 7.12. The predicted molar refractivity (Wildman–Crippen MR) is 87.6 cm³/mol. The normalized spacial score (nSPS) is 15.3. The average Bonchev–Trinajstić information content (AvgIpc) is 3.06. The Hall–Kier alpha value is -1.12. The van der Waals surface area contributed by atoms with Gasteiger partial charge in [0, 0.05) is 9.75 Å². The lowest BCUT2D eigenvalue weighted by Gasteiger charge is -2.14. The number of rotatable bonds is 4. The van der Waals surface area contributed by atoms with Gasteiger partial charge in [0.15, 0.2) is 0 Å². The minimum absolute atomic E-state index is 0.0433. The third-order valence-electron chi connectivity index (χ3n) is 4.42. The number of fused-ring (bicyclic) bond motifs is 1. The fourth-order valence-electron chi connectivity index (χ4n) is 3.18. The van der Waals surface area contributed by atoms with Crippen LogP contribution in [0.5, 0.6) is 0 Å². The smallest absolute Gasteiger partial charge is 0.0646 e.